The van der Waals surface area contributed by atoms with E-state index in [1.807, 2.05) is 34.6 Å². The van der Waals surface area contributed by atoms with Crippen LogP contribution >= 0.6 is 0 Å². The Kier molecular flexibility index (Phi) is 19.5. The van der Waals surface area contributed by atoms with Crippen molar-refractivity contribution < 1.29 is 49.8 Å². The van der Waals surface area contributed by atoms with Crippen molar-refractivity contribution in [3.63, 3.8) is 0 Å². The van der Waals surface area contributed by atoms with Gasteiger partial charge >= 0.3 is 5.97 Å². The molecular weight excluding hydrogens is 883 g/mol. The van der Waals surface area contributed by atoms with E-state index in [0.29, 0.717) is 51.5 Å². The number of rotatable bonds is 19. The topological polar surface area (TPSA) is 207 Å². The van der Waals surface area contributed by atoms with Crippen molar-refractivity contribution in [1.82, 2.24) is 19.9 Å². The molecule has 0 aliphatic rings. The number of aliphatic hydroxyl groups excluding tert-OH is 1. The monoisotopic (exact) mass is 938 g/mol. The number of hydrogen-bond acceptors (Lipinski definition) is 13. The minimum atomic E-state index is -3.66. The van der Waals surface area contributed by atoms with Gasteiger partial charge in [-0.3, -0.25) is 14.4 Å². The molecule has 1 atom stereocenters. The average Bonchev–Trinajstić information content (AvgIpc) is 3.22. The highest BCUT2D eigenvalue weighted by Gasteiger charge is 2.24. The van der Waals surface area contributed by atoms with Crippen molar-refractivity contribution in [1.29, 1.82) is 0 Å². The fourth-order valence-corrected chi connectivity index (χ4v) is 6.50. The smallest absolute Gasteiger partial charge is 0.313 e. The molecule has 4 aromatic rings. The number of aromatic nitrogens is 4. The summed E-state index contributed by atoms with van der Waals surface area (Å²) in [7, 11) is -4.51. The number of sulfonamides is 2. The van der Waals surface area contributed by atoms with Gasteiger partial charge < -0.3 is 9.84 Å². The second-order valence-corrected chi connectivity index (χ2v) is 19.5. The molecule has 4 rings (SSSR count). The number of esters is 1. The molecule has 19 heteroatoms. The molecular formula is C46H56F2N6O9S2. The number of benzene rings is 2. The van der Waals surface area contributed by atoms with Gasteiger partial charge in [0.05, 0.1) is 48.0 Å². The molecule has 0 saturated heterocycles. The van der Waals surface area contributed by atoms with Crippen LogP contribution in [0.3, 0.4) is 0 Å². The van der Waals surface area contributed by atoms with E-state index in [1.54, 1.807) is 36.4 Å². The number of carbonyl (C=O) groups is 3. The van der Waals surface area contributed by atoms with E-state index in [-0.39, 0.29) is 48.4 Å². The third-order valence-corrected chi connectivity index (χ3v) is 11.6. The number of ether oxygens (including phenoxy) is 1. The normalized spacial score (nSPS) is 12.5. The van der Waals surface area contributed by atoms with Gasteiger partial charge in [-0.15, -0.1) is 0 Å². The first-order chi connectivity index (χ1) is 30.3. The molecule has 2 heterocycles. The highest BCUT2D eigenvalue weighted by molar-refractivity contribution is 7.92. The first-order valence-corrected chi connectivity index (χ1v) is 24.2. The Bertz CT molecular complexity index is 2640. The largest absolute Gasteiger partial charge is 0.465 e. The van der Waals surface area contributed by atoms with E-state index in [2.05, 4.69) is 19.9 Å². The number of hydrogen-bond donors (Lipinski definition) is 1. The van der Waals surface area contributed by atoms with E-state index >= 15 is 0 Å². The first-order valence-electron chi connectivity index (χ1n) is 20.5. The zero-order chi connectivity index (χ0) is 48.8. The summed E-state index contributed by atoms with van der Waals surface area (Å²) < 4.78 is 82.1. The maximum absolute atomic E-state index is 13.6. The van der Waals surface area contributed by atoms with Gasteiger partial charge in [0.25, 0.3) is 0 Å². The SMILES string of the molecule is CC(=O)/C=C/C=C/c1c(-c2ccc(F)cc2)nc(N(C)S(C)(=O)=O)nc1C(C)C.CCCOC(=O)CC(=O)C[C@H](O)/C=C/c1c(-c2ccc(F)cc2)nc(N(C)S(C)(=O)=O)nc1C(C)C. The summed E-state index contributed by atoms with van der Waals surface area (Å²) in [6.45, 7) is 11.1. The number of Topliss-reactive ketones (excluding diaryl/α,β-unsaturated/α-hetero) is 1. The number of nitrogens with zero attached hydrogens (tertiary/aromatic N) is 6. The molecule has 0 unspecified atom stereocenters. The van der Waals surface area contributed by atoms with Crippen LogP contribution in [-0.4, -0.2) is 98.7 Å². The predicted octanol–water partition coefficient (Wildman–Crippen LogP) is 7.44. The Hall–Kier alpha value is -6.05. The van der Waals surface area contributed by atoms with Crippen LogP contribution in [0.25, 0.3) is 34.7 Å². The molecule has 0 radical (unpaired) electrons. The van der Waals surface area contributed by atoms with Gasteiger partial charge in [0.1, 0.15) is 23.8 Å². The Balaban J connectivity index is 0.000000353. The van der Waals surface area contributed by atoms with E-state index in [4.69, 9.17) is 4.74 Å². The van der Waals surface area contributed by atoms with E-state index < -0.39 is 50.1 Å². The van der Waals surface area contributed by atoms with E-state index in [1.165, 1.54) is 69.6 Å². The summed E-state index contributed by atoms with van der Waals surface area (Å²) in [6, 6.07) is 11.3. The highest BCUT2D eigenvalue weighted by Crippen LogP contribution is 2.33. The lowest BCUT2D eigenvalue weighted by Crippen LogP contribution is -2.27. The van der Waals surface area contributed by atoms with Crippen LogP contribution in [0.15, 0.2) is 72.8 Å². The number of aliphatic hydroxyl groups is 1. The fourth-order valence-electron chi connectivity index (χ4n) is 5.74. The maximum atomic E-state index is 13.6. The molecule has 0 saturated carbocycles. The lowest BCUT2D eigenvalue weighted by molar-refractivity contribution is -0.146. The molecule has 2 aromatic heterocycles. The van der Waals surface area contributed by atoms with Crippen LogP contribution in [0.5, 0.6) is 0 Å². The quantitative estimate of drug-likeness (QED) is 0.0420. The fraction of sp³-hybridized carbons (Fsp3) is 0.370. The van der Waals surface area contributed by atoms with E-state index in [0.717, 1.165) is 21.1 Å². The Labute approximate surface area is 380 Å². The van der Waals surface area contributed by atoms with Gasteiger partial charge in [0, 0.05) is 42.8 Å². The third kappa shape index (κ3) is 16.2. The summed E-state index contributed by atoms with van der Waals surface area (Å²) in [6.07, 6.45) is 10.2. The lowest BCUT2D eigenvalue weighted by Gasteiger charge is -2.20. The number of ketones is 2. The van der Waals surface area contributed by atoms with Crippen molar-refractivity contribution in [3.05, 3.63) is 107 Å². The Morgan fingerprint density at radius 1 is 0.723 bits per heavy atom. The average molecular weight is 939 g/mol. The second-order valence-electron chi connectivity index (χ2n) is 15.5. The Morgan fingerprint density at radius 3 is 1.54 bits per heavy atom. The number of halogens is 2. The molecule has 2 aromatic carbocycles. The minimum Gasteiger partial charge on any atom is -0.465 e. The van der Waals surface area contributed by atoms with E-state index in [9.17, 15) is 45.1 Å². The van der Waals surface area contributed by atoms with Crippen molar-refractivity contribution in [2.24, 2.45) is 0 Å². The third-order valence-electron chi connectivity index (χ3n) is 9.25. The summed E-state index contributed by atoms with van der Waals surface area (Å²) in [5.41, 5.74) is 4.22. The zero-order valence-electron chi connectivity index (χ0n) is 38.1. The number of allylic oxidation sites excluding steroid dienone is 3. The van der Waals surface area contributed by atoms with Crippen molar-refractivity contribution in [3.8, 4) is 22.5 Å². The van der Waals surface area contributed by atoms with Gasteiger partial charge in [-0.2, -0.15) is 0 Å². The summed E-state index contributed by atoms with van der Waals surface area (Å²) in [5, 5.41) is 10.4. The van der Waals surface area contributed by atoms with Crippen molar-refractivity contribution in [2.75, 3.05) is 41.8 Å². The molecule has 350 valence electrons. The Morgan fingerprint density at radius 2 is 1.15 bits per heavy atom. The van der Waals surface area contributed by atoms with Gasteiger partial charge in [-0.05, 0) is 79.8 Å². The van der Waals surface area contributed by atoms with Crippen LogP contribution < -0.4 is 8.61 Å². The van der Waals surface area contributed by atoms with Crippen LogP contribution in [0.1, 0.15) is 95.2 Å². The molecule has 0 fully saturated rings. The molecule has 15 nitrogen and oxygen atoms in total. The van der Waals surface area contributed by atoms with Gasteiger partial charge in [-0.1, -0.05) is 65.0 Å². The van der Waals surface area contributed by atoms with Crippen LogP contribution in [0.2, 0.25) is 0 Å². The van der Waals surface area contributed by atoms with Crippen molar-refractivity contribution in [2.45, 2.75) is 78.7 Å². The summed E-state index contributed by atoms with van der Waals surface area (Å²) in [4.78, 5) is 52.7. The van der Waals surface area contributed by atoms with Crippen LogP contribution in [-0.2, 0) is 39.2 Å². The van der Waals surface area contributed by atoms with Gasteiger partial charge in [0.2, 0.25) is 31.9 Å². The second kappa shape index (κ2) is 23.8. The summed E-state index contributed by atoms with van der Waals surface area (Å²) >= 11 is 0. The maximum Gasteiger partial charge on any atom is 0.313 e. The molecule has 0 amide bonds. The molecule has 65 heavy (non-hydrogen) atoms. The number of carbonyl (C=O) groups excluding carboxylic acids is 3. The minimum absolute atomic E-state index is 0.0342. The van der Waals surface area contributed by atoms with Crippen molar-refractivity contribution >= 4 is 61.6 Å². The summed E-state index contributed by atoms with van der Waals surface area (Å²) in [5.74, 6) is -2.28. The standard InChI is InChI=1S/C25H32FN3O6S.C21H24FN3O3S/c1-6-13-35-22(32)15-20(31)14-19(30)11-12-21-23(16(2)3)27-25(29(4)36(5,33)34)28-24(21)17-7-9-18(26)10-8-17;1-14(2)19-18(9-7-6-8-15(3)26)20(16-10-12-17(22)13-11-16)24-21(23-19)25(4)29(5,27)28/h7-12,16,19,30H,6,13-15H2,1-5H3;6-14H,1-5H3/b12-11+;8-6+,9-7+/t19-;/m1./s1. The predicted molar refractivity (Wildman–Crippen MR) is 249 cm³/mol. The molecule has 1 N–H and O–H groups in total. The lowest BCUT2D eigenvalue weighted by atomic mass is 9.97. The zero-order valence-corrected chi connectivity index (χ0v) is 39.7. The highest BCUT2D eigenvalue weighted by atomic mass is 32.2. The molecule has 0 aliphatic carbocycles. The number of anilines is 2. The van der Waals surface area contributed by atoms with Gasteiger partial charge in [0.15, 0.2) is 5.78 Å². The van der Waals surface area contributed by atoms with Crippen LogP contribution in [0.4, 0.5) is 20.7 Å². The van der Waals surface area contributed by atoms with Crippen LogP contribution in [0, 0.1) is 11.6 Å². The first kappa shape index (κ1) is 53.3. The molecule has 0 spiro atoms. The molecule has 0 bridgehead atoms. The van der Waals surface area contributed by atoms with Gasteiger partial charge in [-0.25, -0.2) is 54.2 Å². The molecule has 0 aliphatic heterocycles.